The van der Waals surface area contributed by atoms with Crippen molar-refractivity contribution in [1.82, 2.24) is 9.80 Å². The Kier molecular flexibility index (Phi) is 7.50. The largest absolute Gasteiger partial charge is 0.490 e. The Bertz CT molecular complexity index is 579. The quantitative estimate of drug-likeness (QED) is 0.673. The van der Waals surface area contributed by atoms with Crippen LogP contribution in [0.15, 0.2) is 24.3 Å². The molecule has 0 aromatic heterocycles. The summed E-state index contributed by atoms with van der Waals surface area (Å²) in [7, 11) is 3.95. The molecule has 0 atom stereocenters. The second-order valence-electron chi connectivity index (χ2n) is 7.89. The average Bonchev–Trinajstić information content (AvgIpc) is 2.63. The fourth-order valence-corrected chi connectivity index (χ4v) is 3.63. The molecule has 1 aliphatic heterocycles. The van der Waals surface area contributed by atoms with Gasteiger partial charge in [0, 0.05) is 31.1 Å². The molecule has 6 nitrogen and oxygen atoms in total. The van der Waals surface area contributed by atoms with Crippen molar-refractivity contribution in [3.05, 3.63) is 24.3 Å². The summed E-state index contributed by atoms with van der Waals surface area (Å²) in [6.07, 6.45) is 6.65. The van der Waals surface area contributed by atoms with E-state index in [2.05, 4.69) is 10.2 Å². The first-order valence-electron chi connectivity index (χ1n) is 10.1. The smallest absolute Gasteiger partial charge is 0.250 e. The Hall–Kier alpha value is -1.63. The van der Waals surface area contributed by atoms with Gasteiger partial charge in [-0.2, -0.15) is 0 Å². The third-order valence-corrected chi connectivity index (χ3v) is 5.33. The highest BCUT2D eigenvalue weighted by Gasteiger charge is 2.35. The number of hydrogen-bond acceptors (Lipinski definition) is 5. The molecule has 2 aliphatic rings. The molecule has 3 rings (SSSR count). The monoisotopic (exact) mass is 375 g/mol. The first-order chi connectivity index (χ1) is 13.1. The van der Waals surface area contributed by atoms with Crippen molar-refractivity contribution in [2.24, 2.45) is 0 Å². The first kappa shape index (κ1) is 20.1. The number of nitrogens with one attached hydrogen (secondary N) is 1. The maximum Gasteiger partial charge on any atom is 0.250 e. The lowest BCUT2D eigenvalue weighted by molar-refractivity contribution is -0.120. The highest BCUT2D eigenvalue weighted by atomic mass is 16.5. The lowest BCUT2D eigenvalue weighted by Gasteiger charge is -2.44. The number of likely N-dealkylation sites (tertiary alicyclic amines) is 1. The van der Waals surface area contributed by atoms with Gasteiger partial charge < -0.3 is 24.6 Å². The fraction of sp³-hybridized carbons (Fsp3) is 0.667. The zero-order chi connectivity index (χ0) is 19.1. The lowest BCUT2D eigenvalue weighted by atomic mass is 9.86. The van der Waals surface area contributed by atoms with Crippen molar-refractivity contribution in [3.8, 4) is 5.75 Å². The van der Waals surface area contributed by atoms with Gasteiger partial charge in [0.2, 0.25) is 5.91 Å². The molecule has 1 aromatic rings. The van der Waals surface area contributed by atoms with Crippen LogP contribution in [-0.4, -0.2) is 74.8 Å². The highest BCUT2D eigenvalue weighted by molar-refractivity contribution is 5.91. The van der Waals surface area contributed by atoms with E-state index in [9.17, 15) is 4.79 Å². The third kappa shape index (κ3) is 6.48. The van der Waals surface area contributed by atoms with Gasteiger partial charge in [-0.1, -0.05) is 6.42 Å². The minimum absolute atomic E-state index is 0.0755. The summed E-state index contributed by atoms with van der Waals surface area (Å²) in [4.78, 5) is 16.5. The molecule has 1 heterocycles. The molecule has 1 saturated carbocycles. The number of piperidine rings is 1. The molecule has 1 amide bonds. The van der Waals surface area contributed by atoms with Crippen LogP contribution in [0.5, 0.6) is 5.75 Å². The summed E-state index contributed by atoms with van der Waals surface area (Å²) in [5.74, 6) is 0.739. The Morgan fingerprint density at radius 3 is 2.52 bits per heavy atom. The minimum Gasteiger partial charge on any atom is -0.490 e. The van der Waals surface area contributed by atoms with Crippen LogP contribution in [0.25, 0.3) is 0 Å². The Balaban J connectivity index is 1.33. The fourth-order valence-electron chi connectivity index (χ4n) is 3.63. The van der Waals surface area contributed by atoms with Gasteiger partial charge in [-0.3, -0.25) is 4.79 Å². The molecule has 1 N–H and O–H groups in total. The van der Waals surface area contributed by atoms with Crippen LogP contribution < -0.4 is 10.1 Å². The molecule has 150 valence electrons. The SMILES string of the molecule is CN(C)CCOCC(=O)Nc1ccc(OC2CC(N3CCCCC3)C2)cc1. The summed E-state index contributed by atoms with van der Waals surface area (Å²) in [6, 6.07) is 8.33. The van der Waals surface area contributed by atoms with Crippen LogP contribution in [0.2, 0.25) is 0 Å². The van der Waals surface area contributed by atoms with Crippen molar-refractivity contribution in [3.63, 3.8) is 0 Å². The Morgan fingerprint density at radius 2 is 1.85 bits per heavy atom. The van der Waals surface area contributed by atoms with Crippen molar-refractivity contribution < 1.29 is 14.3 Å². The molecule has 1 aromatic carbocycles. The van der Waals surface area contributed by atoms with Gasteiger partial charge >= 0.3 is 0 Å². The van der Waals surface area contributed by atoms with E-state index in [0.29, 0.717) is 18.8 Å². The summed E-state index contributed by atoms with van der Waals surface area (Å²) in [5.41, 5.74) is 0.767. The predicted molar refractivity (Wildman–Crippen MR) is 107 cm³/mol. The predicted octanol–water partition coefficient (Wildman–Crippen LogP) is 2.60. The zero-order valence-corrected chi connectivity index (χ0v) is 16.7. The second-order valence-corrected chi connectivity index (χ2v) is 7.89. The Labute approximate surface area is 162 Å². The van der Waals surface area contributed by atoms with Gasteiger partial charge in [0.1, 0.15) is 18.5 Å². The van der Waals surface area contributed by atoms with Gasteiger partial charge in [-0.25, -0.2) is 0 Å². The molecule has 6 heteroatoms. The van der Waals surface area contributed by atoms with Gasteiger partial charge in [-0.15, -0.1) is 0 Å². The number of rotatable bonds is 9. The first-order valence-corrected chi connectivity index (χ1v) is 10.1. The molecule has 0 unspecified atom stereocenters. The summed E-state index contributed by atoms with van der Waals surface area (Å²) in [5, 5.41) is 2.85. The van der Waals surface area contributed by atoms with E-state index < -0.39 is 0 Å². The molecule has 0 radical (unpaired) electrons. The Morgan fingerprint density at radius 1 is 1.15 bits per heavy atom. The van der Waals surface area contributed by atoms with E-state index in [4.69, 9.17) is 9.47 Å². The molecule has 1 saturated heterocycles. The molecule has 2 fully saturated rings. The van der Waals surface area contributed by atoms with E-state index in [0.717, 1.165) is 30.8 Å². The standard InChI is InChI=1S/C21H33N3O3/c1-23(2)12-13-26-16-21(25)22-17-6-8-19(9-7-17)27-20-14-18(15-20)24-10-4-3-5-11-24/h6-9,18,20H,3-5,10-16H2,1-2H3,(H,22,25). The van der Waals surface area contributed by atoms with E-state index >= 15 is 0 Å². The number of hydrogen-bond donors (Lipinski definition) is 1. The number of likely N-dealkylation sites (N-methyl/N-ethyl adjacent to an activating group) is 1. The number of carbonyl (C=O) groups excluding carboxylic acids is 1. The summed E-state index contributed by atoms with van der Waals surface area (Å²) < 4.78 is 11.4. The minimum atomic E-state index is -0.134. The van der Waals surface area contributed by atoms with Crippen LogP contribution in [0.3, 0.4) is 0 Å². The topological polar surface area (TPSA) is 54.0 Å². The third-order valence-electron chi connectivity index (χ3n) is 5.33. The van der Waals surface area contributed by atoms with Crippen LogP contribution in [0, 0.1) is 0 Å². The van der Waals surface area contributed by atoms with Gasteiger partial charge in [0.05, 0.1) is 6.61 Å². The summed E-state index contributed by atoms with van der Waals surface area (Å²) in [6.45, 7) is 3.94. The van der Waals surface area contributed by atoms with E-state index in [1.807, 2.05) is 43.3 Å². The maximum atomic E-state index is 11.9. The number of carbonyl (C=O) groups is 1. The number of ether oxygens (including phenoxy) is 2. The molecule has 0 bridgehead atoms. The van der Waals surface area contributed by atoms with Gasteiger partial charge in [0.15, 0.2) is 0 Å². The van der Waals surface area contributed by atoms with Crippen molar-refractivity contribution in [2.45, 2.75) is 44.2 Å². The zero-order valence-electron chi connectivity index (χ0n) is 16.7. The number of nitrogens with zero attached hydrogens (tertiary/aromatic N) is 2. The van der Waals surface area contributed by atoms with E-state index in [1.54, 1.807) is 0 Å². The number of benzene rings is 1. The number of anilines is 1. The normalized spacial score (nSPS) is 23.1. The van der Waals surface area contributed by atoms with Crippen LogP contribution >= 0.6 is 0 Å². The molecule has 1 aliphatic carbocycles. The van der Waals surface area contributed by atoms with Crippen LogP contribution in [0.1, 0.15) is 32.1 Å². The van der Waals surface area contributed by atoms with E-state index in [-0.39, 0.29) is 12.5 Å². The number of amides is 1. The highest BCUT2D eigenvalue weighted by Crippen LogP contribution is 2.31. The van der Waals surface area contributed by atoms with Gasteiger partial charge in [-0.05, 0) is 64.3 Å². The molecule has 0 spiro atoms. The molecular formula is C21H33N3O3. The van der Waals surface area contributed by atoms with Crippen molar-refractivity contribution in [2.75, 3.05) is 52.3 Å². The van der Waals surface area contributed by atoms with Gasteiger partial charge in [0.25, 0.3) is 0 Å². The second kappa shape index (κ2) is 10.1. The van der Waals surface area contributed by atoms with E-state index in [1.165, 1.54) is 32.4 Å². The lowest BCUT2D eigenvalue weighted by Crippen LogP contribution is -2.50. The summed E-state index contributed by atoms with van der Waals surface area (Å²) >= 11 is 0. The molecule has 27 heavy (non-hydrogen) atoms. The van der Waals surface area contributed by atoms with Crippen LogP contribution in [0.4, 0.5) is 5.69 Å². The maximum absolute atomic E-state index is 11.9. The average molecular weight is 376 g/mol. The van der Waals surface area contributed by atoms with Crippen LogP contribution in [-0.2, 0) is 9.53 Å². The van der Waals surface area contributed by atoms with Crippen molar-refractivity contribution >= 4 is 11.6 Å². The molecular weight excluding hydrogens is 342 g/mol. The van der Waals surface area contributed by atoms with Crippen molar-refractivity contribution in [1.29, 1.82) is 0 Å².